The Kier molecular flexibility index (Phi) is 8.65. The van der Waals surface area contributed by atoms with Crippen LogP contribution >= 0.6 is 0 Å². The second-order valence-electron chi connectivity index (χ2n) is 5.92. The van der Waals surface area contributed by atoms with Crippen molar-refractivity contribution < 1.29 is 4.74 Å². The Labute approximate surface area is 145 Å². The number of nitrogens with one attached hydrogen (secondary N) is 1. The Bertz CT molecular complexity index is 527. The number of hydrogen-bond acceptors (Lipinski definition) is 3. The standard InChI is InChI=1S/C19H30N4O/c1-6-12-23(13-7-2)18(15(3)4)14-21-19(20)22-16-8-10-17(24-5)11-9-16/h6-11,15,18H,1-2,12-14H2,3-5H3,(H3,20,21,22). The molecule has 0 saturated carbocycles. The molecule has 0 radical (unpaired) electrons. The molecule has 0 aliphatic heterocycles. The zero-order chi connectivity index (χ0) is 17.9. The lowest BCUT2D eigenvalue weighted by Crippen LogP contribution is -2.42. The molecule has 1 atom stereocenters. The van der Waals surface area contributed by atoms with Crippen molar-refractivity contribution in [1.29, 1.82) is 0 Å². The number of rotatable bonds is 10. The fraction of sp³-hybridized carbons (Fsp3) is 0.421. The highest BCUT2D eigenvalue weighted by molar-refractivity contribution is 5.92. The summed E-state index contributed by atoms with van der Waals surface area (Å²) >= 11 is 0. The molecule has 0 spiro atoms. The van der Waals surface area contributed by atoms with Gasteiger partial charge in [-0.2, -0.15) is 0 Å². The van der Waals surface area contributed by atoms with Gasteiger partial charge in [0, 0.05) is 24.8 Å². The van der Waals surface area contributed by atoms with Crippen molar-refractivity contribution in [2.75, 3.05) is 32.1 Å². The Morgan fingerprint density at radius 3 is 2.29 bits per heavy atom. The third kappa shape index (κ3) is 6.46. The fourth-order valence-electron chi connectivity index (χ4n) is 2.48. The van der Waals surface area contributed by atoms with Crippen LogP contribution in [0.4, 0.5) is 5.69 Å². The first-order chi connectivity index (χ1) is 11.5. The van der Waals surface area contributed by atoms with E-state index >= 15 is 0 Å². The van der Waals surface area contributed by atoms with Crippen LogP contribution in [0.5, 0.6) is 5.75 Å². The number of guanidine groups is 1. The highest BCUT2D eigenvalue weighted by atomic mass is 16.5. The Balaban J connectivity index is 2.72. The van der Waals surface area contributed by atoms with Gasteiger partial charge in [0.15, 0.2) is 5.96 Å². The van der Waals surface area contributed by atoms with Crippen LogP contribution in [-0.4, -0.2) is 43.6 Å². The minimum absolute atomic E-state index is 0.275. The van der Waals surface area contributed by atoms with Crippen LogP contribution in [0.2, 0.25) is 0 Å². The quantitative estimate of drug-likeness (QED) is 0.393. The maximum atomic E-state index is 6.02. The summed E-state index contributed by atoms with van der Waals surface area (Å²) in [5.41, 5.74) is 6.90. The molecule has 0 aliphatic carbocycles. The summed E-state index contributed by atoms with van der Waals surface area (Å²) < 4.78 is 5.14. The van der Waals surface area contributed by atoms with Crippen molar-refractivity contribution >= 4 is 11.6 Å². The first-order valence-corrected chi connectivity index (χ1v) is 8.18. The maximum absolute atomic E-state index is 6.02. The largest absolute Gasteiger partial charge is 0.497 e. The Hall–Kier alpha value is -2.27. The van der Waals surface area contributed by atoms with E-state index in [0.717, 1.165) is 24.5 Å². The molecular weight excluding hydrogens is 300 g/mol. The molecule has 132 valence electrons. The molecule has 1 aromatic rings. The minimum Gasteiger partial charge on any atom is -0.497 e. The summed E-state index contributed by atoms with van der Waals surface area (Å²) in [5, 5.41) is 3.10. The van der Waals surface area contributed by atoms with Gasteiger partial charge < -0.3 is 15.8 Å². The molecule has 24 heavy (non-hydrogen) atoms. The second-order valence-corrected chi connectivity index (χ2v) is 5.92. The van der Waals surface area contributed by atoms with Gasteiger partial charge in [-0.25, -0.2) is 0 Å². The first kappa shape index (κ1) is 19.8. The second kappa shape index (κ2) is 10.5. The molecule has 0 bridgehead atoms. The van der Waals surface area contributed by atoms with Crippen molar-refractivity contribution in [3.63, 3.8) is 0 Å². The predicted molar refractivity (Wildman–Crippen MR) is 104 cm³/mol. The third-order valence-corrected chi connectivity index (χ3v) is 3.78. The SMILES string of the molecule is C=CCN(CC=C)C(CN=C(N)Nc1ccc(OC)cc1)C(C)C. The molecule has 1 rings (SSSR count). The van der Waals surface area contributed by atoms with Gasteiger partial charge in [0.2, 0.25) is 0 Å². The predicted octanol–water partition coefficient (Wildman–Crippen LogP) is 3.12. The molecule has 0 heterocycles. The van der Waals surface area contributed by atoms with E-state index < -0.39 is 0 Å². The lowest BCUT2D eigenvalue weighted by molar-refractivity contribution is 0.196. The molecule has 0 fully saturated rings. The van der Waals surface area contributed by atoms with Crippen LogP contribution < -0.4 is 15.8 Å². The summed E-state index contributed by atoms with van der Waals surface area (Å²) in [5.74, 6) is 1.66. The van der Waals surface area contributed by atoms with Crippen LogP contribution in [0.25, 0.3) is 0 Å². The zero-order valence-corrected chi connectivity index (χ0v) is 15.0. The first-order valence-electron chi connectivity index (χ1n) is 8.18. The van der Waals surface area contributed by atoms with Crippen LogP contribution in [-0.2, 0) is 0 Å². The molecule has 3 N–H and O–H groups in total. The fourth-order valence-corrected chi connectivity index (χ4v) is 2.48. The number of aliphatic imine (C=N–C) groups is 1. The molecule has 0 saturated heterocycles. The number of nitrogens with two attached hydrogens (primary N) is 1. The molecule has 1 aromatic carbocycles. The molecule has 1 unspecified atom stereocenters. The topological polar surface area (TPSA) is 62.9 Å². The summed E-state index contributed by atoms with van der Waals surface area (Å²) in [4.78, 5) is 6.81. The van der Waals surface area contributed by atoms with Crippen molar-refractivity contribution in [2.45, 2.75) is 19.9 Å². The normalized spacial score (nSPS) is 13.0. The number of benzene rings is 1. The van der Waals surface area contributed by atoms with E-state index in [2.05, 4.69) is 42.2 Å². The van der Waals surface area contributed by atoms with Gasteiger partial charge >= 0.3 is 0 Å². The van der Waals surface area contributed by atoms with E-state index in [1.165, 1.54) is 0 Å². The van der Waals surface area contributed by atoms with E-state index in [-0.39, 0.29) is 6.04 Å². The third-order valence-electron chi connectivity index (χ3n) is 3.78. The Morgan fingerprint density at radius 2 is 1.83 bits per heavy atom. The van der Waals surface area contributed by atoms with Crippen molar-refractivity contribution in [2.24, 2.45) is 16.6 Å². The molecular formula is C19H30N4O. The van der Waals surface area contributed by atoms with Gasteiger partial charge in [-0.15, -0.1) is 13.2 Å². The number of methoxy groups -OCH3 is 1. The van der Waals surface area contributed by atoms with Crippen molar-refractivity contribution in [3.8, 4) is 5.75 Å². The van der Waals surface area contributed by atoms with Crippen LogP contribution in [0.15, 0.2) is 54.6 Å². The lowest BCUT2D eigenvalue weighted by Gasteiger charge is -2.31. The molecule has 0 aliphatic rings. The molecule has 5 heteroatoms. The number of hydrogen-bond donors (Lipinski definition) is 2. The van der Waals surface area contributed by atoms with Crippen LogP contribution in [0, 0.1) is 5.92 Å². The summed E-state index contributed by atoms with van der Waals surface area (Å²) in [7, 11) is 1.64. The molecule has 0 aromatic heterocycles. The summed E-state index contributed by atoms with van der Waals surface area (Å²) in [6, 6.07) is 7.84. The zero-order valence-electron chi connectivity index (χ0n) is 15.0. The lowest BCUT2D eigenvalue weighted by atomic mass is 10.0. The van der Waals surface area contributed by atoms with E-state index in [0.29, 0.717) is 18.4 Å². The van der Waals surface area contributed by atoms with Gasteiger partial charge in [-0.1, -0.05) is 26.0 Å². The van der Waals surface area contributed by atoms with E-state index in [4.69, 9.17) is 10.5 Å². The highest BCUT2D eigenvalue weighted by Crippen LogP contribution is 2.15. The molecule has 5 nitrogen and oxygen atoms in total. The smallest absolute Gasteiger partial charge is 0.193 e. The average molecular weight is 330 g/mol. The van der Waals surface area contributed by atoms with E-state index in [1.54, 1.807) is 7.11 Å². The molecule has 0 amide bonds. The summed E-state index contributed by atoms with van der Waals surface area (Å²) in [6.07, 6.45) is 3.81. The number of anilines is 1. The van der Waals surface area contributed by atoms with Gasteiger partial charge in [-0.05, 0) is 30.2 Å². The summed E-state index contributed by atoms with van der Waals surface area (Å²) in [6.45, 7) is 14.3. The van der Waals surface area contributed by atoms with E-state index in [9.17, 15) is 0 Å². The van der Waals surface area contributed by atoms with Gasteiger partial charge in [0.05, 0.1) is 13.7 Å². The highest BCUT2D eigenvalue weighted by Gasteiger charge is 2.19. The van der Waals surface area contributed by atoms with E-state index in [1.807, 2.05) is 36.4 Å². The number of ether oxygens (including phenoxy) is 1. The van der Waals surface area contributed by atoms with Crippen LogP contribution in [0.1, 0.15) is 13.8 Å². The maximum Gasteiger partial charge on any atom is 0.193 e. The van der Waals surface area contributed by atoms with Gasteiger partial charge in [-0.3, -0.25) is 9.89 Å². The van der Waals surface area contributed by atoms with Gasteiger partial charge in [0.25, 0.3) is 0 Å². The van der Waals surface area contributed by atoms with Crippen LogP contribution in [0.3, 0.4) is 0 Å². The number of nitrogens with zero attached hydrogens (tertiary/aromatic N) is 2. The monoisotopic (exact) mass is 330 g/mol. The van der Waals surface area contributed by atoms with Gasteiger partial charge in [0.1, 0.15) is 5.75 Å². The van der Waals surface area contributed by atoms with Crippen molar-refractivity contribution in [3.05, 3.63) is 49.6 Å². The van der Waals surface area contributed by atoms with Crippen molar-refractivity contribution in [1.82, 2.24) is 4.90 Å². The average Bonchev–Trinajstić information content (AvgIpc) is 2.55. The Morgan fingerprint density at radius 1 is 1.25 bits per heavy atom. The minimum atomic E-state index is 0.275.